The number of rotatable bonds is 8. The van der Waals surface area contributed by atoms with Crippen LogP contribution < -0.4 is 4.74 Å². The van der Waals surface area contributed by atoms with Crippen molar-refractivity contribution in [3.8, 4) is 17.3 Å². The van der Waals surface area contributed by atoms with Gasteiger partial charge in [-0.2, -0.15) is 9.78 Å². The summed E-state index contributed by atoms with van der Waals surface area (Å²) in [7, 11) is 0. The second kappa shape index (κ2) is 9.82. The molecule has 0 saturated carbocycles. The number of aromatic nitrogens is 3. The predicted molar refractivity (Wildman–Crippen MR) is 122 cm³/mol. The van der Waals surface area contributed by atoms with E-state index in [1.807, 2.05) is 6.92 Å². The van der Waals surface area contributed by atoms with Crippen LogP contribution in [0.25, 0.3) is 11.6 Å². The summed E-state index contributed by atoms with van der Waals surface area (Å²) < 4.78 is 18.5. The van der Waals surface area contributed by atoms with Gasteiger partial charge in [0.15, 0.2) is 11.5 Å². The van der Waals surface area contributed by atoms with E-state index in [2.05, 4.69) is 15.3 Å². The van der Waals surface area contributed by atoms with Crippen molar-refractivity contribution >= 4 is 52.8 Å². The standard InChI is InChI=1S/C20H15Cl3N4O3S/c1-2-31-20-26-25-19(17-4-3-7-28-17)27(20)24-10-13-5-6-14(30-13)11-29-18-15(22)8-12(21)9-16(18)23/h3-10H,2,11H2,1H3/b24-10+. The van der Waals surface area contributed by atoms with Crippen LogP contribution in [0.3, 0.4) is 0 Å². The first-order chi connectivity index (χ1) is 15.0. The van der Waals surface area contributed by atoms with Gasteiger partial charge in [-0.25, -0.2) is 0 Å². The molecule has 160 valence electrons. The van der Waals surface area contributed by atoms with E-state index in [4.69, 9.17) is 48.4 Å². The van der Waals surface area contributed by atoms with Gasteiger partial charge >= 0.3 is 0 Å². The molecule has 0 aliphatic carbocycles. The zero-order valence-corrected chi connectivity index (χ0v) is 19.2. The Morgan fingerprint density at radius 2 is 1.97 bits per heavy atom. The molecule has 1 aromatic carbocycles. The minimum Gasteiger partial charge on any atom is -0.483 e. The fraction of sp³-hybridized carbons (Fsp3) is 0.150. The lowest BCUT2D eigenvalue weighted by atomic mass is 10.3. The van der Waals surface area contributed by atoms with Crippen LogP contribution in [-0.2, 0) is 6.61 Å². The highest BCUT2D eigenvalue weighted by atomic mass is 35.5. The van der Waals surface area contributed by atoms with Gasteiger partial charge < -0.3 is 13.6 Å². The average molecular weight is 498 g/mol. The van der Waals surface area contributed by atoms with Crippen LogP contribution in [0.2, 0.25) is 15.1 Å². The first-order valence-electron chi connectivity index (χ1n) is 9.07. The van der Waals surface area contributed by atoms with Gasteiger partial charge in [0.2, 0.25) is 11.0 Å². The second-order valence-electron chi connectivity index (χ2n) is 6.06. The van der Waals surface area contributed by atoms with Crippen molar-refractivity contribution in [2.24, 2.45) is 5.10 Å². The first kappa shape index (κ1) is 21.8. The van der Waals surface area contributed by atoms with Gasteiger partial charge in [-0.3, -0.25) is 0 Å². The summed E-state index contributed by atoms with van der Waals surface area (Å²) in [5.41, 5.74) is 0. The molecule has 3 aromatic heterocycles. The summed E-state index contributed by atoms with van der Waals surface area (Å²) in [5, 5.41) is 14.6. The molecule has 0 saturated heterocycles. The second-order valence-corrected chi connectivity index (χ2v) is 8.55. The Hall–Kier alpha value is -2.39. The minimum atomic E-state index is 0.135. The summed E-state index contributed by atoms with van der Waals surface area (Å²) in [6.45, 7) is 2.16. The van der Waals surface area contributed by atoms with Crippen molar-refractivity contribution < 1.29 is 13.6 Å². The number of thioether (sulfide) groups is 1. The van der Waals surface area contributed by atoms with E-state index < -0.39 is 0 Å². The molecule has 0 amide bonds. The monoisotopic (exact) mass is 496 g/mol. The Labute approximate surface area is 196 Å². The fourth-order valence-electron chi connectivity index (χ4n) is 2.61. The molecule has 0 N–H and O–H groups in total. The van der Waals surface area contributed by atoms with Crippen LogP contribution in [0.5, 0.6) is 5.75 Å². The lowest BCUT2D eigenvalue weighted by Gasteiger charge is -2.08. The highest BCUT2D eigenvalue weighted by Gasteiger charge is 2.16. The highest BCUT2D eigenvalue weighted by molar-refractivity contribution is 7.99. The molecule has 4 aromatic rings. The number of hydrogen-bond acceptors (Lipinski definition) is 7. The molecule has 0 radical (unpaired) electrons. The van der Waals surface area contributed by atoms with Gasteiger partial charge in [0, 0.05) is 5.02 Å². The Morgan fingerprint density at radius 3 is 2.68 bits per heavy atom. The molecule has 3 heterocycles. The quantitative estimate of drug-likeness (QED) is 0.200. The summed E-state index contributed by atoms with van der Waals surface area (Å²) in [4.78, 5) is 0. The predicted octanol–water partition coefficient (Wildman–Crippen LogP) is 6.66. The van der Waals surface area contributed by atoms with Gasteiger partial charge in [0.05, 0.1) is 22.5 Å². The SMILES string of the molecule is CCSc1nnc(-c2ccco2)n1/N=C/c1ccc(COc2c(Cl)cc(Cl)cc2Cl)o1. The fourth-order valence-corrected chi connectivity index (χ4v) is 4.15. The third kappa shape index (κ3) is 5.10. The lowest BCUT2D eigenvalue weighted by Crippen LogP contribution is -1.96. The van der Waals surface area contributed by atoms with Crippen molar-refractivity contribution in [3.63, 3.8) is 0 Å². The highest BCUT2D eigenvalue weighted by Crippen LogP contribution is 2.36. The van der Waals surface area contributed by atoms with Crippen molar-refractivity contribution in [1.82, 2.24) is 14.9 Å². The molecule has 4 rings (SSSR count). The van der Waals surface area contributed by atoms with Crippen LogP contribution in [0.1, 0.15) is 18.4 Å². The lowest BCUT2D eigenvalue weighted by molar-refractivity contribution is 0.270. The maximum absolute atomic E-state index is 6.14. The molecule has 0 unspecified atom stereocenters. The van der Waals surface area contributed by atoms with E-state index >= 15 is 0 Å². The van der Waals surface area contributed by atoms with Gasteiger partial charge in [0.25, 0.3) is 0 Å². The van der Waals surface area contributed by atoms with Crippen LogP contribution in [0, 0.1) is 0 Å². The molecular weight excluding hydrogens is 483 g/mol. The minimum absolute atomic E-state index is 0.135. The number of halogens is 3. The third-order valence-electron chi connectivity index (χ3n) is 3.93. The maximum atomic E-state index is 6.14. The van der Waals surface area contributed by atoms with Crippen LogP contribution in [0.15, 0.2) is 61.8 Å². The van der Waals surface area contributed by atoms with E-state index in [-0.39, 0.29) is 6.61 Å². The van der Waals surface area contributed by atoms with Crippen molar-refractivity contribution in [2.45, 2.75) is 18.7 Å². The first-order valence-corrected chi connectivity index (χ1v) is 11.2. The van der Waals surface area contributed by atoms with Crippen molar-refractivity contribution in [3.05, 3.63) is 69.2 Å². The number of furan rings is 2. The Bertz CT molecular complexity index is 1180. The molecule has 7 nitrogen and oxygen atoms in total. The topological polar surface area (TPSA) is 78.6 Å². The van der Waals surface area contributed by atoms with Gasteiger partial charge in [-0.05, 0) is 42.2 Å². The van der Waals surface area contributed by atoms with Crippen LogP contribution >= 0.6 is 46.6 Å². The largest absolute Gasteiger partial charge is 0.483 e. The third-order valence-corrected chi connectivity index (χ3v) is 5.51. The number of ether oxygens (including phenoxy) is 1. The number of nitrogens with zero attached hydrogens (tertiary/aromatic N) is 4. The molecule has 0 aliphatic heterocycles. The smallest absolute Gasteiger partial charge is 0.221 e. The summed E-state index contributed by atoms with van der Waals surface area (Å²) >= 11 is 19.7. The number of hydrogen-bond donors (Lipinski definition) is 0. The van der Waals surface area contributed by atoms with E-state index in [1.54, 1.807) is 53.6 Å². The van der Waals surface area contributed by atoms with Gasteiger partial charge in [0.1, 0.15) is 18.1 Å². The Kier molecular flexibility index (Phi) is 6.92. The molecular formula is C20H15Cl3N4O3S. The van der Waals surface area contributed by atoms with Gasteiger partial charge in [-0.15, -0.1) is 10.2 Å². The van der Waals surface area contributed by atoms with E-state index in [9.17, 15) is 0 Å². The zero-order valence-electron chi connectivity index (χ0n) is 16.1. The summed E-state index contributed by atoms with van der Waals surface area (Å²) in [6.07, 6.45) is 3.14. The normalized spacial score (nSPS) is 11.5. The molecule has 11 heteroatoms. The molecule has 0 spiro atoms. The maximum Gasteiger partial charge on any atom is 0.221 e. The van der Waals surface area contributed by atoms with E-state index in [1.165, 1.54) is 11.8 Å². The van der Waals surface area contributed by atoms with Crippen LogP contribution in [0.4, 0.5) is 0 Å². The zero-order chi connectivity index (χ0) is 21.8. The molecule has 0 fully saturated rings. The average Bonchev–Trinajstić information content (AvgIpc) is 3.47. The Morgan fingerprint density at radius 1 is 1.16 bits per heavy atom. The van der Waals surface area contributed by atoms with Crippen LogP contribution in [-0.4, -0.2) is 26.8 Å². The van der Waals surface area contributed by atoms with Crippen molar-refractivity contribution in [2.75, 3.05) is 5.75 Å². The van der Waals surface area contributed by atoms with E-state index in [0.717, 1.165) is 5.75 Å². The van der Waals surface area contributed by atoms with Crippen molar-refractivity contribution in [1.29, 1.82) is 0 Å². The van der Waals surface area contributed by atoms with E-state index in [0.29, 0.717) is 49.1 Å². The molecule has 0 bridgehead atoms. The molecule has 0 aliphatic rings. The number of benzene rings is 1. The summed E-state index contributed by atoms with van der Waals surface area (Å²) in [6, 6.07) is 10.3. The molecule has 31 heavy (non-hydrogen) atoms. The Balaban J connectivity index is 1.50. The summed E-state index contributed by atoms with van der Waals surface area (Å²) in [5.74, 6) is 3.33. The van der Waals surface area contributed by atoms with Gasteiger partial charge in [-0.1, -0.05) is 53.5 Å². The molecule has 0 atom stereocenters.